The van der Waals surface area contributed by atoms with Crippen molar-refractivity contribution in [1.29, 1.82) is 0 Å². The lowest BCUT2D eigenvalue weighted by atomic mass is 10.1. The summed E-state index contributed by atoms with van der Waals surface area (Å²) < 4.78 is 5.79. The molecule has 106 valence electrons. The second-order valence-corrected chi connectivity index (χ2v) is 5.69. The Bertz CT molecular complexity index is 564. The van der Waals surface area contributed by atoms with Crippen molar-refractivity contribution in [3.8, 4) is 5.75 Å². The minimum Gasteiger partial charge on any atom is -0.491 e. The molecule has 0 aliphatic rings. The molecular formula is C16H19NO2S. The first-order valence-corrected chi connectivity index (χ1v) is 7.61. The van der Waals surface area contributed by atoms with Crippen LogP contribution in [0.15, 0.2) is 41.1 Å². The second kappa shape index (κ2) is 6.57. The van der Waals surface area contributed by atoms with Gasteiger partial charge in [-0.15, -0.1) is 0 Å². The highest BCUT2D eigenvalue weighted by Crippen LogP contribution is 2.26. The third-order valence-corrected chi connectivity index (χ3v) is 3.56. The molecule has 0 saturated heterocycles. The maximum Gasteiger partial charge on any atom is 0.252 e. The van der Waals surface area contributed by atoms with E-state index in [2.05, 4.69) is 5.32 Å². The number of nitrogens with one attached hydrogen (secondary N) is 1. The maximum atomic E-state index is 12.1. The van der Waals surface area contributed by atoms with Gasteiger partial charge in [0.1, 0.15) is 5.75 Å². The van der Waals surface area contributed by atoms with E-state index >= 15 is 0 Å². The molecule has 0 aliphatic carbocycles. The molecule has 0 saturated carbocycles. The first-order valence-electron chi connectivity index (χ1n) is 6.66. The zero-order valence-electron chi connectivity index (χ0n) is 11.9. The molecule has 1 heterocycles. The van der Waals surface area contributed by atoms with Crippen molar-refractivity contribution in [1.82, 2.24) is 5.32 Å². The summed E-state index contributed by atoms with van der Waals surface area (Å²) in [5.41, 5.74) is 1.69. The number of amides is 1. The molecule has 2 rings (SSSR count). The number of hydrogen-bond acceptors (Lipinski definition) is 3. The van der Waals surface area contributed by atoms with Gasteiger partial charge >= 0.3 is 0 Å². The molecule has 1 amide bonds. The smallest absolute Gasteiger partial charge is 0.252 e. The Kier molecular flexibility index (Phi) is 4.79. The third kappa shape index (κ3) is 3.61. The molecule has 1 atom stereocenters. The lowest BCUT2D eigenvalue weighted by Gasteiger charge is -2.19. The number of para-hydroxylation sites is 1. The fraction of sp³-hybridized carbons (Fsp3) is 0.312. The van der Waals surface area contributed by atoms with Crippen molar-refractivity contribution in [3.05, 3.63) is 52.2 Å². The maximum absolute atomic E-state index is 12.1. The van der Waals surface area contributed by atoms with Crippen molar-refractivity contribution < 1.29 is 9.53 Å². The molecule has 4 heteroatoms. The molecule has 0 fully saturated rings. The first-order chi connectivity index (χ1) is 9.58. The van der Waals surface area contributed by atoms with E-state index in [0.717, 1.165) is 11.3 Å². The van der Waals surface area contributed by atoms with Crippen molar-refractivity contribution in [3.63, 3.8) is 0 Å². The SMILES string of the molecule is CC(C)Oc1ccccc1C(C)NC(=O)c1ccsc1. The van der Waals surface area contributed by atoms with Crippen LogP contribution < -0.4 is 10.1 Å². The molecule has 1 aromatic heterocycles. The number of thiophene rings is 1. The van der Waals surface area contributed by atoms with E-state index < -0.39 is 0 Å². The summed E-state index contributed by atoms with van der Waals surface area (Å²) >= 11 is 1.52. The fourth-order valence-electron chi connectivity index (χ4n) is 1.95. The molecule has 1 N–H and O–H groups in total. The van der Waals surface area contributed by atoms with Crippen LogP contribution >= 0.6 is 11.3 Å². The molecule has 1 aromatic carbocycles. The Morgan fingerprint density at radius 2 is 1.95 bits per heavy atom. The summed E-state index contributed by atoms with van der Waals surface area (Å²) in [6.07, 6.45) is 0.107. The molecular weight excluding hydrogens is 270 g/mol. The van der Waals surface area contributed by atoms with Gasteiger partial charge in [0.05, 0.1) is 17.7 Å². The van der Waals surface area contributed by atoms with E-state index in [4.69, 9.17) is 4.74 Å². The predicted octanol–water partition coefficient (Wildman–Crippen LogP) is 4.03. The van der Waals surface area contributed by atoms with Crippen LogP contribution in [-0.4, -0.2) is 12.0 Å². The van der Waals surface area contributed by atoms with Crippen LogP contribution in [0.25, 0.3) is 0 Å². The van der Waals surface area contributed by atoms with Gasteiger partial charge in [-0.2, -0.15) is 11.3 Å². The van der Waals surface area contributed by atoms with Crippen LogP contribution in [0.2, 0.25) is 0 Å². The monoisotopic (exact) mass is 289 g/mol. The van der Waals surface area contributed by atoms with Gasteiger partial charge < -0.3 is 10.1 Å². The quantitative estimate of drug-likeness (QED) is 0.902. The van der Waals surface area contributed by atoms with E-state index in [0.29, 0.717) is 5.56 Å². The Labute approximate surface area is 123 Å². The number of ether oxygens (including phenoxy) is 1. The number of rotatable bonds is 5. The highest BCUT2D eigenvalue weighted by atomic mass is 32.1. The summed E-state index contributed by atoms with van der Waals surface area (Å²) in [5.74, 6) is 0.763. The highest BCUT2D eigenvalue weighted by Gasteiger charge is 2.15. The summed E-state index contributed by atoms with van der Waals surface area (Å²) in [6.45, 7) is 5.95. The van der Waals surface area contributed by atoms with Gasteiger partial charge in [0.2, 0.25) is 0 Å². The van der Waals surface area contributed by atoms with E-state index in [1.165, 1.54) is 11.3 Å². The molecule has 0 spiro atoms. The Balaban J connectivity index is 2.13. The normalized spacial score (nSPS) is 12.2. The molecule has 1 unspecified atom stereocenters. The third-order valence-electron chi connectivity index (χ3n) is 2.88. The van der Waals surface area contributed by atoms with E-state index in [-0.39, 0.29) is 18.1 Å². The Morgan fingerprint density at radius 3 is 2.60 bits per heavy atom. The summed E-state index contributed by atoms with van der Waals surface area (Å²) in [5, 5.41) is 6.74. The van der Waals surface area contributed by atoms with Crippen LogP contribution in [-0.2, 0) is 0 Å². The zero-order valence-corrected chi connectivity index (χ0v) is 12.7. The van der Waals surface area contributed by atoms with Crippen LogP contribution in [0.3, 0.4) is 0 Å². The van der Waals surface area contributed by atoms with Crippen LogP contribution in [0.1, 0.15) is 42.7 Å². The summed E-state index contributed by atoms with van der Waals surface area (Å²) in [4.78, 5) is 12.1. The second-order valence-electron chi connectivity index (χ2n) is 4.91. The Morgan fingerprint density at radius 1 is 1.20 bits per heavy atom. The molecule has 0 aliphatic heterocycles. The van der Waals surface area contributed by atoms with Gasteiger partial charge in [0, 0.05) is 10.9 Å². The van der Waals surface area contributed by atoms with Gasteiger partial charge in [-0.25, -0.2) is 0 Å². The molecule has 3 nitrogen and oxygen atoms in total. The van der Waals surface area contributed by atoms with Crippen molar-refractivity contribution in [2.24, 2.45) is 0 Å². The number of benzene rings is 1. The van der Waals surface area contributed by atoms with Gasteiger partial charge in [0.15, 0.2) is 0 Å². The largest absolute Gasteiger partial charge is 0.491 e. The molecule has 20 heavy (non-hydrogen) atoms. The lowest BCUT2D eigenvalue weighted by molar-refractivity contribution is 0.0939. The topological polar surface area (TPSA) is 38.3 Å². The van der Waals surface area contributed by atoms with Crippen LogP contribution in [0.5, 0.6) is 5.75 Å². The van der Waals surface area contributed by atoms with Crippen molar-refractivity contribution in [2.75, 3.05) is 0 Å². The van der Waals surface area contributed by atoms with Gasteiger partial charge in [-0.3, -0.25) is 4.79 Å². The minimum absolute atomic E-state index is 0.0573. The van der Waals surface area contributed by atoms with Gasteiger partial charge in [0.25, 0.3) is 5.91 Å². The zero-order chi connectivity index (χ0) is 14.5. The van der Waals surface area contributed by atoms with Crippen molar-refractivity contribution in [2.45, 2.75) is 32.9 Å². The highest BCUT2D eigenvalue weighted by molar-refractivity contribution is 7.08. The predicted molar refractivity (Wildman–Crippen MR) is 82.4 cm³/mol. The first kappa shape index (κ1) is 14.6. The number of carbonyl (C=O) groups is 1. The molecule has 0 radical (unpaired) electrons. The lowest BCUT2D eigenvalue weighted by Crippen LogP contribution is -2.26. The molecule has 2 aromatic rings. The fourth-order valence-corrected chi connectivity index (χ4v) is 2.59. The van der Waals surface area contributed by atoms with E-state index in [1.54, 1.807) is 0 Å². The molecule has 0 bridgehead atoms. The van der Waals surface area contributed by atoms with Gasteiger partial charge in [-0.1, -0.05) is 18.2 Å². The standard InChI is InChI=1S/C16H19NO2S/c1-11(2)19-15-7-5-4-6-14(15)12(3)17-16(18)13-8-9-20-10-13/h4-12H,1-3H3,(H,17,18). The number of hydrogen-bond donors (Lipinski definition) is 1. The summed E-state index contributed by atoms with van der Waals surface area (Å²) in [7, 11) is 0. The van der Waals surface area contributed by atoms with E-state index in [9.17, 15) is 4.79 Å². The van der Waals surface area contributed by atoms with E-state index in [1.807, 2.05) is 61.9 Å². The average molecular weight is 289 g/mol. The van der Waals surface area contributed by atoms with Crippen molar-refractivity contribution >= 4 is 17.2 Å². The van der Waals surface area contributed by atoms with Crippen LogP contribution in [0.4, 0.5) is 0 Å². The minimum atomic E-state index is -0.0997. The summed E-state index contributed by atoms with van der Waals surface area (Å²) in [6, 6.07) is 9.53. The van der Waals surface area contributed by atoms with Crippen LogP contribution in [0, 0.1) is 0 Å². The van der Waals surface area contributed by atoms with Gasteiger partial charge in [-0.05, 0) is 38.3 Å². The number of carbonyl (C=O) groups excluding carboxylic acids is 1. The Hall–Kier alpha value is -1.81. The average Bonchev–Trinajstić information content (AvgIpc) is 2.92.